The van der Waals surface area contributed by atoms with Gasteiger partial charge in [0.15, 0.2) is 0 Å². The van der Waals surface area contributed by atoms with E-state index in [0.29, 0.717) is 22.0 Å². The van der Waals surface area contributed by atoms with Crippen LogP contribution in [0.2, 0.25) is 5.02 Å². The number of benzene rings is 2. The van der Waals surface area contributed by atoms with Gasteiger partial charge in [0.2, 0.25) is 5.91 Å². The first kappa shape index (κ1) is 16.5. The third-order valence-electron chi connectivity index (χ3n) is 2.78. The van der Waals surface area contributed by atoms with Crippen molar-refractivity contribution in [2.45, 2.75) is 0 Å². The molecule has 112 valence electrons. The van der Waals surface area contributed by atoms with Crippen LogP contribution in [0.25, 0.3) is 0 Å². The number of halogens is 2. The second-order valence-corrected chi connectivity index (χ2v) is 6.00. The van der Waals surface area contributed by atoms with E-state index < -0.39 is 0 Å². The van der Waals surface area contributed by atoms with Gasteiger partial charge in [-0.1, -0.05) is 18.2 Å². The molecule has 0 fully saturated rings. The Kier molecular flexibility index (Phi) is 5.57. The molecule has 22 heavy (non-hydrogen) atoms. The van der Waals surface area contributed by atoms with Crippen LogP contribution in [0.4, 0.5) is 11.4 Å². The average molecular weight is 427 g/mol. The van der Waals surface area contributed by atoms with Crippen molar-refractivity contribution in [2.24, 2.45) is 0 Å². The Morgan fingerprint density at radius 3 is 2.41 bits per heavy atom. The molecule has 0 saturated heterocycles. The van der Waals surface area contributed by atoms with Gasteiger partial charge in [0.05, 0.1) is 10.7 Å². The van der Waals surface area contributed by atoms with E-state index in [1.54, 1.807) is 36.4 Å². The summed E-state index contributed by atoms with van der Waals surface area (Å²) in [7, 11) is 0. The summed E-state index contributed by atoms with van der Waals surface area (Å²) >= 11 is 8.20. The van der Waals surface area contributed by atoms with Crippen molar-refractivity contribution in [1.82, 2.24) is 0 Å². The summed E-state index contributed by atoms with van der Waals surface area (Å²) in [4.78, 5) is 23.4. The average Bonchev–Trinajstić information content (AvgIpc) is 2.51. The topological polar surface area (TPSA) is 58.2 Å². The van der Waals surface area contributed by atoms with Crippen LogP contribution in [-0.4, -0.2) is 11.8 Å². The van der Waals surface area contributed by atoms with Crippen LogP contribution in [0.5, 0.6) is 0 Å². The summed E-state index contributed by atoms with van der Waals surface area (Å²) in [6.07, 6.45) is 1.18. The smallest absolute Gasteiger partial charge is 0.255 e. The van der Waals surface area contributed by atoms with Gasteiger partial charge in [0.25, 0.3) is 5.91 Å². The molecule has 0 aliphatic heterocycles. The van der Waals surface area contributed by atoms with Gasteiger partial charge in [-0.15, -0.1) is 0 Å². The van der Waals surface area contributed by atoms with Crippen LogP contribution in [-0.2, 0) is 4.79 Å². The molecule has 0 spiro atoms. The molecule has 2 aromatic rings. The minimum atomic E-state index is -0.303. The highest BCUT2D eigenvalue weighted by Gasteiger charge is 2.09. The Balaban J connectivity index is 2.11. The van der Waals surface area contributed by atoms with Crippen LogP contribution in [0, 0.1) is 3.57 Å². The summed E-state index contributed by atoms with van der Waals surface area (Å²) < 4.78 is 0.972. The Hall–Kier alpha value is -1.86. The number of amides is 2. The zero-order chi connectivity index (χ0) is 16.1. The number of carbonyl (C=O) groups excluding carboxylic acids is 2. The molecule has 2 N–H and O–H groups in total. The molecule has 0 bridgehead atoms. The van der Waals surface area contributed by atoms with E-state index in [-0.39, 0.29) is 11.8 Å². The van der Waals surface area contributed by atoms with E-state index in [4.69, 9.17) is 11.6 Å². The maximum atomic E-state index is 12.2. The molecule has 0 unspecified atom stereocenters. The molecule has 0 aliphatic rings. The third-order valence-corrected chi connectivity index (χ3v) is 3.78. The van der Waals surface area contributed by atoms with Crippen LogP contribution in [0.1, 0.15) is 10.4 Å². The summed E-state index contributed by atoms with van der Waals surface area (Å²) in [5, 5.41) is 5.85. The molecule has 2 amide bonds. The minimum Gasteiger partial charge on any atom is -0.323 e. The van der Waals surface area contributed by atoms with Gasteiger partial charge >= 0.3 is 0 Å². The van der Waals surface area contributed by atoms with E-state index in [2.05, 4.69) is 39.8 Å². The lowest BCUT2D eigenvalue weighted by Gasteiger charge is -2.08. The summed E-state index contributed by atoms with van der Waals surface area (Å²) in [5.74, 6) is -0.576. The predicted molar refractivity (Wildman–Crippen MR) is 97.4 cm³/mol. The number of rotatable bonds is 4. The molecule has 0 aliphatic carbocycles. The molecule has 2 aromatic carbocycles. The highest BCUT2D eigenvalue weighted by atomic mass is 127. The Labute approximate surface area is 146 Å². The molecule has 2 rings (SSSR count). The fourth-order valence-corrected chi connectivity index (χ4v) is 2.34. The summed E-state index contributed by atoms with van der Waals surface area (Å²) in [6.45, 7) is 3.38. The zero-order valence-electron chi connectivity index (χ0n) is 11.4. The van der Waals surface area contributed by atoms with E-state index >= 15 is 0 Å². The molecule has 0 atom stereocenters. The summed E-state index contributed by atoms with van der Waals surface area (Å²) in [5.41, 5.74) is 1.61. The molecule has 4 nitrogen and oxygen atoms in total. The molecule has 0 radical (unpaired) electrons. The van der Waals surface area contributed by atoms with Crippen LogP contribution >= 0.6 is 34.2 Å². The van der Waals surface area contributed by atoms with Gasteiger partial charge in [-0.25, -0.2) is 0 Å². The number of hydrogen-bond acceptors (Lipinski definition) is 2. The predicted octanol–water partition coefficient (Wildman–Crippen LogP) is 4.32. The van der Waals surface area contributed by atoms with E-state index in [0.717, 1.165) is 3.57 Å². The molecule has 0 heterocycles. The second kappa shape index (κ2) is 7.42. The molecular weight excluding hydrogens is 415 g/mol. The highest BCUT2D eigenvalue weighted by molar-refractivity contribution is 14.1. The molecule has 6 heteroatoms. The van der Waals surface area contributed by atoms with Crippen LogP contribution in [0.15, 0.2) is 55.1 Å². The Bertz CT molecular complexity index is 729. The number of hydrogen-bond donors (Lipinski definition) is 2. The van der Waals surface area contributed by atoms with Gasteiger partial charge in [-0.2, -0.15) is 0 Å². The Morgan fingerprint density at radius 2 is 1.77 bits per heavy atom. The van der Waals surface area contributed by atoms with Crippen molar-refractivity contribution in [2.75, 3.05) is 10.6 Å². The molecular formula is C16H12ClIN2O2. The van der Waals surface area contributed by atoms with Gasteiger partial charge in [0, 0.05) is 14.8 Å². The van der Waals surface area contributed by atoms with Crippen molar-refractivity contribution >= 4 is 57.4 Å². The van der Waals surface area contributed by atoms with Crippen LogP contribution in [0.3, 0.4) is 0 Å². The first-order chi connectivity index (χ1) is 10.5. The zero-order valence-corrected chi connectivity index (χ0v) is 14.3. The third kappa shape index (κ3) is 4.32. The lowest BCUT2D eigenvalue weighted by Crippen LogP contribution is -2.13. The lowest BCUT2D eigenvalue weighted by atomic mass is 10.2. The normalized spacial score (nSPS) is 9.91. The largest absolute Gasteiger partial charge is 0.323 e. The van der Waals surface area contributed by atoms with E-state index in [1.807, 2.05) is 6.07 Å². The number of anilines is 2. The number of nitrogens with one attached hydrogen (secondary N) is 2. The van der Waals surface area contributed by atoms with Gasteiger partial charge in [-0.3, -0.25) is 9.59 Å². The molecule has 0 aromatic heterocycles. The first-order valence-corrected chi connectivity index (χ1v) is 7.75. The maximum Gasteiger partial charge on any atom is 0.255 e. The first-order valence-electron chi connectivity index (χ1n) is 6.29. The van der Waals surface area contributed by atoms with Crippen molar-refractivity contribution in [3.63, 3.8) is 0 Å². The quantitative estimate of drug-likeness (QED) is 0.565. The van der Waals surface area contributed by atoms with Gasteiger partial charge < -0.3 is 10.6 Å². The number of carbonyl (C=O) groups is 2. The van der Waals surface area contributed by atoms with E-state index in [9.17, 15) is 9.59 Å². The van der Waals surface area contributed by atoms with Crippen molar-refractivity contribution in [3.8, 4) is 0 Å². The van der Waals surface area contributed by atoms with Crippen LogP contribution < -0.4 is 10.6 Å². The Morgan fingerprint density at radius 1 is 1.09 bits per heavy atom. The minimum absolute atomic E-state index is 0.273. The van der Waals surface area contributed by atoms with E-state index in [1.165, 1.54) is 6.08 Å². The van der Waals surface area contributed by atoms with Crippen molar-refractivity contribution in [3.05, 3.63) is 69.3 Å². The standard InChI is InChI=1S/C16H12ClIN2O2/c1-2-15(21)19-12-6-3-10(4-7-12)16(22)20-14-9-11(18)5-8-13(14)17/h2-9H,1H2,(H,19,21)(H,20,22). The maximum absolute atomic E-state index is 12.2. The second-order valence-electron chi connectivity index (χ2n) is 4.35. The fourth-order valence-electron chi connectivity index (χ4n) is 1.69. The van der Waals surface area contributed by atoms with Gasteiger partial charge in [0.1, 0.15) is 0 Å². The highest BCUT2D eigenvalue weighted by Crippen LogP contribution is 2.24. The van der Waals surface area contributed by atoms with Gasteiger partial charge in [-0.05, 0) is 71.1 Å². The monoisotopic (exact) mass is 426 g/mol. The SMILES string of the molecule is C=CC(=O)Nc1ccc(C(=O)Nc2cc(I)ccc2Cl)cc1. The van der Waals surface area contributed by atoms with Crippen molar-refractivity contribution in [1.29, 1.82) is 0 Å². The molecule has 0 saturated carbocycles. The summed E-state index contributed by atoms with van der Waals surface area (Å²) in [6, 6.07) is 11.9. The van der Waals surface area contributed by atoms with Crippen molar-refractivity contribution < 1.29 is 9.59 Å². The lowest BCUT2D eigenvalue weighted by molar-refractivity contribution is -0.111. The fraction of sp³-hybridized carbons (Fsp3) is 0.